The number of aryl methyl sites for hydroxylation is 1. The lowest BCUT2D eigenvalue weighted by Crippen LogP contribution is -2.14. The summed E-state index contributed by atoms with van der Waals surface area (Å²) in [6.07, 6.45) is 0. The fraction of sp³-hybridized carbons (Fsp3) is 0.0556. The first-order valence-corrected chi connectivity index (χ1v) is 9.31. The summed E-state index contributed by atoms with van der Waals surface area (Å²) in [6.45, 7) is 1.69. The normalized spacial score (nSPS) is 11.4. The second-order valence-corrected chi connectivity index (χ2v) is 7.51. The van der Waals surface area contributed by atoms with Gasteiger partial charge in [0.25, 0.3) is 21.7 Å². The van der Waals surface area contributed by atoms with Crippen LogP contribution < -0.4 is 5.32 Å². The summed E-state index contributed by atoms with van der Waals surface area (Å²) in [7, 11) is -4.54. The van der Waals surface area contributed by atoms with Crippen molar-refractivity contribution >= 4 is 38.2 Å². The maximum absolute atomic E-state index is 12.5. The highest BCUT2D eigenvalue weighted by Crippen LogP contribution is 2.31. The van der Waals surface area contributed by atoms with Gasteiger partial charge >= 0.3 is 0 Å². The highest BCUT2D eigenvalue weighted by Gasteiger charge is 2.20. The standard InChI is InChI=1S/C18H14N2O7S/c1-10-2-5-16(20(23)24)15(6-10)18(22)19-12-3-4-14-11(7-12)8-13(9-17(14)21)28(25,26)27/h2-9,21H,1H3,(H,19,22)(H,25,26,27). The van der Waals surface area contributed by atoms with E-state index in [1.54, 1.807) is 6.92 Å². The van der Waals surface area contributed by atoms with Gasteiger partial charge in [-0.3, -0.25) is 19.5 Å². The lowest BCUT2D eigenvalue weighted by atomic mass is 10.1. The first-order chi connectivity index (χ1) is 13.1. The summed E-state index contributed by atoms with van der Waals surface area (Å²) in [6, 6.07) is 10.5. The molecular formula is C18H14N2O7S. The molecule has 3 aromatic carbocycles. The minimum Gasteiger partial charge on any atom is -0.507 e. The fourth-order valence-electron chi connectivity index (χ4n) is 2.74. The SMILES string of the molecule is Cc1ccc([N+](=O)[O-])c(C(=O)Nc2ccc3c(O)cc(S(=O)(=O)O)cc3c2)c1. The molecule has 0 aliphatic rings. The Balaban J connectivity index is 2.02. The minimum atomic E-state index is -4.54. The molecule has 0 atom stereocenters. The summed E-state index contributed by atoms with van der Waals surface area (Å²) in [4.78, 5) is 22.5. The Labute approximate surface area is 159 Å². The lowest BCUT2D eigenvalue weighted by molar-refractivity contribution is -0.385. The monoisotopic (exact) mass is 402 g/mol. The molecule has 9 nitrogen and oxygen atoms in total. The molecule has 1 amide bonds. The molecule has 144 valence electrons. The zero-order valence-corrected chi connectivity index (χ0v) is 15.2. The number of benzene rings is 3. The van der Waals surface area contributed by atoms with Crippen LogP contribution in [0.4, 0.5) is 11.4 Å². The molecule has 0 saturated carbocycles. The van der Waals surface area contributed by atoms with E-state index < -0.39 is 25.8 Å². The number of carbonyl (C=O) groups is 1. The summed E-state index contributed by atoms with van der Waals surface area (Å²) >= 11 is 0. The maximum atomic E-state index is 12.5. The molecule has 0 saturated heterocycles. The number of fused-ring (bicyclic) bond motifs is 1. The molecule has 0 unspecified atom stereocenters. The van der Waals surface area contributed by atoms with Crippen molar-refractivity contribution in [1.29, 1.82) is 0 Å². The van der Waals surface area contributed by atoms with Crippen LogP contribution in [0.2, 0.25) is 0 Å². The van der Waals surface area contributed by atoms with Crippen molar-refractivity contribution < 1.29 is 27.8 Å². The Hall–Kier alpha value is -3.50. The molecule has 3 aromatic rings. The number of nitro benzene ring substituents is 1. The van der Waals surface area contributed by atoms with E-state index in [9.17, 15) is 33.0 Å². The number of anilines is 1. The highest BCUT2D eigenvalue weighted by molar-refractivity contribution is 7.85. The number of nitro groups is 1. The number of amides is 1. The third kappa shape index (κ3) is 3.77. The number of hydrogen-bond acceptors (Lipinski definition) is 6. The summed E-state index contributed by atoms with van der Waals surface area (Å²) in [5.74, 6) is -1.08. The number of phenols is 1. The molecule has 3 N–H and O–H groups in total. The molecule has 0 aliphatic carbocycles. The largest absolute Gasteiger partial charge is 0.507 e. The number of rotatable bonds is 4. The van der Waals surface area contributed by atoms with Gasteiger partial charge in [0.1, 0.15) is 11.3 Å². The number of carbonyl (C=O) groups excluding carboxylic acids is 1. The van der Waals surface area contributed by atoms with Crippen molar-refractivity contribution in [3.63, 3.8) is 0 Å². The van der Waals surface area contributed by atoms with Gasteiger partial charge in [-0.05, 0) is 48.2 Å². The Morgan fingerprint density at radius 3 is 2.46 bits per heavy atom. The zero-order valence-electron chi connectivity index (χ0n) is 14.4. The van der Waals surface area contributed by atoms with E-state index in [4.69, 9.17) is 0 Å². The van der Waals surface area contributed by atoms with Gasteiger partial charge in [0.15, 0.2) is 0 Å². The first-order valence-electron chi connectivity index (χ1n) is 7.87. The number of phenolic OH excluding ortho intramolecular Hbond substituents is 1. The van der Waals surface area contributed by atoms with E-state index >= 15 is 0 Å². The van der Waals surface area contributed by atoms with Crippen LogP contribution >= 0.6 is 0 Å². The van der Waals surface area contributed by atoms with Gasteiger partial charge in [0.2, 0.25) is 0 Å². The van der Waals surface area contributed by atoms with Crippen LogP contribution in [0.1, 0.15) is 15.9 Å². The average Bonchev–Trinajstić information content (AvgIpc) is 2.60. The first kappa shape index (κ1) is 19.3. The van der Waals surface area contributed by atoms with Crippen LogP contribution in [0.5, 0.6) is 5.75 Å². The van der Waals surface area contributed by atoms with Gasteiger partial charge in [-0.2, -0.15) is 8.42 Å². The van der Waals surface area contributed by atoms with Crippen molar-refractivity contribution in [2.45, 2.75) is 11.8 Å². The highest BCUT2D eigenvalue weighted by atomic mass is 32.2. The third-order valence-corrected chi connectivity index (χ3v) is 4.88. The zero-order chi connectivity index (χ0) is 20.6. The van der Waals surface area contributed by atoms with Crippen LogP contribution in [0, 0.1) is 17.0 Å². The number of nitrogens with zero attached hydrogens (tertiary/aromatic N) is 1. The molecule has 28 heavy (non-hydrogen) atoms. The van der Waals surface area contributed by atoms with Crippen molar-refractivity contribution in [3.05, 3.63) is 69.8 Å². The van der Waals surface area contributed by atoms with E-state index in [1.165, 1.54) is 36.4 Å². The Bertz CT molecular complexity index is 1240. The topological polar surface area (TPSA) is 147 Å². The molecule has 0 fully saturated rings. The summed E-state index contributed by atoms with van der Waals surface area (Å²) < 4.78 is 31.8. The van der Waals surface area contributed by atoms with Crippen LogP contribution in [0.25, 0.3) is 10.8 Å². The van der Waals surface area contributed by atoms with Gasteiger partial charge < -0.3 is 10.4 Å². The van der Waals surface area contributed by atoms with Crippen LogP contribution in [0.3, 0.4) is 0 Å². The van der Waals surface area contributed by atoms with E-state index in [-0.39, 0.29) is 28.1 Å². The summed E-state index contributed by atoms with van der Waals surface area (Å²) in [5, 5.41) is 24.2. The molecule has 0 aromatic heterocycles. The second-order valence-electron chi connectivity index (χ2n) is 6.09. The summed E-state index contributed by atoms with van der Waals surface area (Å²) in [5.41, 5.74) is 0.409. The third-order valence-electron chi connectivity index (χ3n) is 4.05. The Morgan fingerprint density at radius 1 is 1.11 bits per heavy atom. The molecule has 0 bridgehead atoms. The van der Waals surface area contributed by atoms with E-state index in [0.717, 1.165) is 12.1 Å². The fourth-order valence-corrected chi connectivity index (χ4v) is 3.28. The Kier molecular flexibility index (Phi) is 4.75. The molecule has 10 heteroatoms. The second kappa shape index (κ2) is 6.91. The van der Waals surface area contributed by atoms with Gasteiger partial charge in [0.05, 0.1) is 9.82 Å². The van der Waals surface area contributed by atoms with Crippen molar-refractivity contribution in [2.24, 2.45) is 0 Å². The predicted molar refractivity (Wildman–Crippen MR) is 101 cm³/mol. The van der Waals surface area contributed by atoms with E-state index in [2.05, 4.69) is 5.32 Å². The van der Waals surface area contributed by atoms with Crippen molar-refractivity contribution in [2.75, 3.05) is 5.32 Å². The predicted octanol–water partition coefficient (Wildman–Crippen LogP) is 3.26. The Morgan fingerprint density at radius 2 is 1.82 bits per heavy atom. The molecule has 0 aliphatic heterocycles. The van der Waals surface area contributed by atoms with E-state index in [1.807, 2.05) is 0 Å². The minimum absolute atomic E-state index is 0.125. The van der Waals surface area contributed by atoms with Gasteiger partial charge in [-0.25, -0.2) is 0 Å². The number of hydrogen-bond donors (Lipinski definition) is 3. The lowest BCUT2D eigenvalue weighted by Gasteiger charge is -2.09. The molecular weight excluding hydrogens is 388 g/mol. The van der Waals surface area contributed by atoms with Crippen LogP contribution in [-0.4, -0.2) is 28.9 Å². The van der Waals surface area contributed by atoms with Gasteiger partial charge in [0, 0.05) is 23.2 Å². The smallest absolute Gasteiger partial charge is 0.294 e. The number of aromatic hydroxyl groups is 1. The average molecular weight is 402 g/mol. The number of nitrogens with one attached hydrogen (secondary N) is 1. The van der Waals surface area contributed by atoms with Crippen molar-refractivity contribution in [3.8, 4) is 5.75 Å². The molecule has 0 heterocycles. The van der Waals surface area contributed by atoms with Gasteiger partial charge in [-0.1, -0.05) is 6.07 Å². The van der Waals surface area contributed by atoms with Crippen LogP contribution in [0.15, 0.2) is 53.4 Å². The molecule has 3 rings (SSSR count). The molecule has 0 spiro atoms. The van der Waals surface area contributed by atoms with Crippen LogP contribution in [-0.2, 0) is 10.1 Å². The van der Waals surface area contributed by atoms with Crippen molar-refractivity contribution in [1.82, 2.24) is 0 Å². The van der Waals surface area contributed by atoms with E-state index in [0.29, 0.717) is 10.9 Å². The quantitative estimate of drug-likeness (QED) is 0.345. The van der Waals surface area contributed by atoms with Gasteiger partial charge in [-0.15, -0.1) is 0 Å². The maximum Gasteiger partial charge on any atom is 0.294 e. The molecule has 0 radical (unpaired) electrons.